The molecular weight excluding hydrogens is 479 g/mol. The highest BCUT2D eigenvalue weighted by Gasteiger charge is 2.27. The Hall–Kier alpha value is -4.24. The molecule has 8 nitrogen and oxygen atoms in total. The van der Waals surface area contributed by atoms with Gasteiger partial charge in [0, 0.05) is 50.0 Å². The third-order valence-corrected chi connectivity index (χ3v) is 6.68. The third-order valence-electron chi connectivity index (χ3n) is 6.68. The first-order valence-corrected chi connectivity index (χ1v) is 12.9. The standard InChI is InChI=1S/C29H29FN8.H2/c1-18(2)31-15-23-5-4-6-26(34-23)21-14-33-38(16-21)28-12-20(11-27(35-28)19-7-8-19)24-10-9-22(30)13-25(24)29-36-32-17-37(29)3;/h4-6,9-14,16-19,31H,7-8,15H2,1-3H3;1H. The van der Waals surface area contributed by atoms with Crippen molar-refractivity contribution in [3.05, 3.63) is 84.5 Å². The molecular formula is C29H31FN8. The van der Waals surface area contributed by atoms with Crippen molar-refractivity contribution in [3.8, 4) is 39.6 Å². The fourth-order valence-electron chi connectivity index (χ4n) is 4.51. The van der Waals surface area contributed by atoms with Crippen LogP contribution in [-0.2, 0) is 13.6 Å². The molecule has 0 atom stereocenters. The number of aromatic nitrogens is 7. The molecule has 1 aliphatic rings. The van der Waals surface area contributed by atoms with E-state index >= 15 is 0 Å². The van der Waals surface area contributed by atoms with Crippen molar-refractivity contribution in [2.45, 2.75) is 45.2 Å². The molecule has 6 rings (SSSR count). The fraction of sp³-hybridized carbons (Fsp3) is 0.276. The topological polar surface area (TPSA) is 86.3 Å². The van der Waals surface area contributed by atoms with Gasteiger partial charge in [-0.2, -0.15) is 5.10 Å². The van der Waals surface area contributed by atoms with Crippen LogP contribution in [0.2, 0.25) is 0 Å². The van der Waals surface area contributed by atoms with Gasteiger partial charge in [0.2, 0.25) is 0 Å². The quantitative estimate of drug-likeness (QED) is 0.294. The maximum absolute atomic E-state index is 14.3. The summed E-state index contributed by atoms with van der Waals surface area (Å²) in [6.07, 6.45) is 7.61. The van der Waals surface area contributed by atoms with Gasteiger partial charge < -0.3 is 9.88 Å². The van der Waals surface area contributed by atoms with Crippen molar-refractivity contribution < 1.29 is 5.82 Å². The molecule has 1 saturated carbocycles. The Morgan fingerprint density at radius 2 is 1.92 bits per heavy atom. The van der Waals surface area contributed by atoms with Crippen LogP contribution in [0.15, 0.2) is 67.3 Å². The van der Waals surface area contributed by atoms with E-state index in [4.69, 9.17) is 9.97 Å². The minimum Gasteiger partial charge on any atom is -0.317 e. The van der Waals surface area contributed by atoms with Crippen LogP contribution in [0.1, 0.15) is 45.4 Å². The van der Waals surface area contributed by atoms with Crippen LogP contribution in [0.3, 0.4) is 0 Å². The fourth-order valence-corrected chi connectivity index (χ4v) is 4.51. The van der Waals surface area contributed by atoms with Crippen LogP contribution in [0, 0.1) is 5.82 Å². The summed E-state index contributed by atoms with van der Waals surface area (Å²) in [5, 5.41) is 16.3. The molecule has 5 aromatic rings. The normalized spacial score (nSPS) is 13.4. The highest BCUT2D eigenvalue weighted by molar-refractivity contribution is 5.81. The Bertz CT molecular complexity index is 1600. The van der Waals surface area contributed by atoms with E-state index in [-0.39, 0.29) is 7.24 Å². The SMILES string of the molecule is CC(C)NCc1cccc(-c2cnn(-c3cc(-c4ccc(F)cc4-c4nncn4C)cc(C4CC4)n3)c2)n1.[HH]. The first-order valence-electron chi connectivity index (χ1n) is 12.9. The number of nitrogens with one attached hydrogen (secondary N) is 1. The Morgan fingerprint density at radius 3 is 2.68 bits per heavy atom. The lowest BCUT2D eigenvalue weighted by Crippen LogP contribution is -2.22. The summed E-state index contributed by atoms with van der Waals surface area (Å²) in [5.41, 5.74) is 6.26. The first kappa shape index (κ1) is 24.1. The van der Waals surface area contributed by atoms with E-state index in [1.165, 1.54) is 12.1 Å². The Labute approximate surface area is 222 Å². The predicted molar refractivity (Wildman–Crippen MR) is 146 cm³/mol. The van der Waals surface area contributed by atoms with E-state index in [1.807, 2.05) is 43.7 Å². The number of benzene rings is 1. The number of nitrogens with zero attached hydrogens (tertiary/aromatic N) is 7. The molecule has 1 aliphatic carbocycles. The summed E-state index contributed by atoms with van der Waals surface area (Å²) < 4.78 is 17.9. The van der Waals surface area contributed by atoms with Crippen LogP contribution in [-0.4, -0.2) is 40.6 Å². The molecule has 1 fully saturated rings. The van der Waals surface area contributed by atoms with E-state index in [2.05, 4.69) is 40.5 Å². The maximum Gasteiger partial charge on any atom is 0.164 e. The van der Waals surface area contributed by atoms with Crippen molar-refractivity contribution in [1.29, 1.82) is 0 Å². The van der Waals surface area contributed by atoms with Crippen LogP contribution in [0.4, 0.5) is 4.39 Å². The molecule has 0 saturated heterocycles. The summed E-state index contributed by atoms with van der Waals surface area (Å²) in [7, 11) is 1.85. The van der Waals surface area contributed by atoms with Gasteiger partial charge in [0.05, 0.1) is 17.6 Å². The minimum atomic E-state index is -0.321. The third kappa shape index (κ3) is 4.97. The summed E-state index contributed by atoms with van der Waals surface area (Å²) in [6.45, 7) is 4.94. The molecule has 0 radical (unpaired) electrons. The zero-order valence-corrected chi connectivity index (χ0v) is 21.6. The van der Waals surface area contributed by atoms with Gasteiger partial charge in [-0.05, 0) is 60.4 Å². The van der Waals surface area contributed by atoms with Crippen molar-refractivity contribution in [2.75, 3.05) is 0 Å². The van der Waals surface area contributed by atoms with Crippen LogP contribution >= 0.6 is 0 Å². The van der Waals surface area contributed by atoms with Crippen molar-refractivity contribution >= 4 is 0 Å². The molecule has 0 unspecified atom stereocenters. The van der Waals surface area contributed by atoms with E-state index in [9.17, 15) is 4.39 Å². The molecule has 0 bridgehead atoms. The highest BCUT2D eigenvalue weighted by atomic mass is 19.1. The van der Waals surface area contributed by atoms with Gasteiger partial charge in [0.1, 0.15) is 12.1 Å². The van der Waals surface area contributed by atoms with Crippen molar-refractivity contribution in [1.82, 2.24) is 39.8 Å². The van der Waals surface area contributed by atoms with Gasteiger partial charge in [-0.3, -0.25) is 4.98 Å². The zero-order valence-electron chi connectivity index (χ0n) is 21.6. The van der Waals surface area contributed by atoms with Crippen molar-refractivity contribution in [3.63, 3.8) is 0 Å². The molecule has 0 amide bonds. The van der Waals surface area contributed by atoms with Crippen LogP contribution in [0.25, 0.3) is 39.6 Å². The molecule has 1 aromatic carbocycles. The molecule has 1 N–H and O–H groups in total. The Balaban J connectivity index is 0.00000308. The number of hydrogen-bond acceptors (Lipinski definition) is 6. The molecule has 194 valence electrons. The number of rotatable bonds is 8. The number of hydrogen-bond donors (Lipinski definition) is 1. The second kappa shape index (κ2) is 9.90. The molecule has 4 heterocycles. The van der Waals surface area contributed by atoms with Gasteiger partial charge in [-0.15, -0.1) is 10.2 Å². The summed E-state index contributed by atoms with van der Waals surface area (Å²) in [5.74, 6) is 1.42. The highest BCUT2D eigenvalue weighted by Crippen LogP contribution is 2.42. The average molecular weight is 511 g/mol. The zero-order chi connectivity index (χ0) is 26.2. The smallest absolute Gasteiger partial charge is 0.164 e. The molecule has 0 aliphatic heterocycles. The van der Waals surface area contributed by atoms with E-state index < -0.39 is 0 Å². The summed E-state index contributed by atoms with van der Waals surface area (Å²) >= 11 is 0. The Morgan fingerprint density at radius 1 is 1.05 bits per heavy atom. The molecule has 4 aromatic heterocycles. The first-order chi connectivity index (χ1) is 18.4. The lowest BCUT2D eigenvalue weighted by Gasteiger charge is -2.13. The van der Waals surface area contributed by atoms with Crippen LogP contribution in [0.5, 0.6) is 0 Å². The largest absolute Gasteiger partial charge is 0.317 e. The minimum absolute atomic E-state index is 0. The lowest BCUT2D eigenvalue weighted by molar-refractivity contribution is 0.582. The van der Waals surface area contributed by atoms with Crippen molar-refractivity contribution in [2.24, 2.45) is 7.05 Å². The van der Waals surface area contributed by atoms with Gasteiger partial charge in [0.15, 0.2) is 11.6 Å². The molecule has 9 heteroatoms. The molecule has 0 spiro atoms. The monoisotopic (exact) mass is 510 g/mol. The molecule has 38 heavy (non-hydrogen) atoms. The average Bonchev–Trinajstić information content (AvgIpc) is 3.49. The van der Waals surface area contributed by atoms with Crippen LogP contribution < -0.4 is 5.32 Å². The second-order valence-corrected chi connectivity index (χ2v) is 10.1. The predicted octanol–water partition coefficient (Wildman–Crippen LogP) is 5.55. The van der Waals surface area contributed by atoms with Gasteiger partial charge >= 0.3 is 0 Å². The maximum atomic E-state index is 14.3. The number of halogens is 1. The lowest BCUT2D eigenvalue weighted by atomic mass is 9.98. The number of pyridine rings is 2. The van der Waals surface area contributed by atoms with Gasteiger partial charge in [0.25, 0.3) is 0 Å². The van der Waals surface area contributed by atoms with E-state index in [0.717, 1.165) is 46.6 Å². The van der Waals surface area contributed by atoms with E-state index in [1.54, 1.807) is 21.6 Å². The van der Waals surface area contributed by atoms with Gasteiger partial charge in [-0.1, -0.05) is 26.0 Å². The number of aryl methyl sites for hydroxylation is 1. The van der Waals surface area contributed by atoms with E-state index in [0.29, 0.717) is 35.7 Å². The summed E-state index contributed by atoms with van der Waals surface area (Å²) in [6, 6.07) is 15.3. The van der Waals surface area contributed by atoms with Gasteiger partial charge in [-0.25, -0.2) is 14.1 Å². The summed E-state index contributed by atoms with van der Waals surface area (Å²) in [4.78, 5) is 9.77. The Kier molecular flexibility index (Phi) is 6.29. The second-order valence-electron chi connectivity index (χ2n) is 10.1.